The summed E-state index contributed by atoms with van der Waals surface area (Å²) >= 11 is 0. The van der Waals surface area contributed by atoms with Crippen molar-refractivity contribution in [3.05, 3.63) is 65.8 Å². The largest absolute Gasteiger partial charge is 0.394 e. The first-order chi connectivity index (χ1) is 10.8. The van der Waals surface area contributed by atoms with Gasteiger partial charge in [0.25, 0.3) is 0 Å². The Hall–Kier alpha value is -1.42. The average Bonchev–Trinajstić information content (AvgIpc) is 2.67. The highest BCUT2D eigenvalue weighted by molar-refractivity contribution is 4.37. The predicted molar refractivity (Wildman–Crippen MR) is 106 cm³/mol. The number of aliphatic hydroxyl groups excluding tert-OH is 2. The van der Waals surface area contributed by atoms with E-state index in [-0.39, 0.29) is 13.2 Å². The van der Waals surface area contributed by atoms with Gasteiger partial charge in [-0.2, -0.15) is 0 Å². The molecule has 22 heavy (non-hydrogen) atoms. The number of aliphatic hydroxyl groups is 2. The van der Waals surface area contributed by atoms with Gasteiger partial charge in [-0.05, 0) is 6.42 Å². The summed E-state index contributed by atoms with van der Waals surface area (Å²) in [7, 11) is 1.76. The van der Waals surface area contributed by atoms with E-state index in [0.29, 0.717) is 0 Å². The second-order valence-corrected chi connectivity index (χ2v) is 2.50. The summed E-state index contributed by atoms with van der Waals surface area (Å²) in [4.78, 5) is 0. The zero-order valence-electron chi connectivity index (χ0n) is 15.3. The van der Waals surface area contributed by atoms with Gasteiger partial charge >= 0.3 is 0 Å². The summed E-state index contributed by atoms with van der Waals surface area (Å²) in [6.07, 6.45) is 5.21. The Morgan fingerprint density at radius 1 is 0.636 bits per heavy atom. The molecule has 0 aliphatic rings. The molecule has 136 valence electrons. The predicted octanol–water partition coefficient (Wildman–Crippen LogP) is 5.20. The Bertz CT molecular complexity index is 89.2. The average molecular weight is 319 g/mol. The summed E-state index contributed by atoms with van der Waals surface area (Å²) in [5.41, 5.74) is 0. The van der Waals surface area contributed by atoms with E-state index in [2.05, 4.69) is 72.7 Å². The molecule has 0 aromatic rings. The van der Waals surface area contributed by atoms with Crippen molar-refractivity contribution in [1.29, 1.82) is 0 Å². The monoisotopic (exact) mass is 318 g/mol. The summed E-state index contributed by atoms with van der Waals surface area (Å²) in [5, 5.41) is 15.2. The van der Waals surface area contributed by atoms with Gasteiger partial charge in [0.2, 0.25) is 0 Å². The van der Waals surface area contributed by atoms with Crippen LogP contribution < -0.4 is 0 Å². The molecular formula is C19H42O3. The molecule has 0 aromatic carbocycles. The lowest BCUT2D eigenvalue weighted by Gasteiger charge is -1.95. The molecule has 0 atom stereocenters. The van der Waals surface area contributed by atoms with Crippen molar-refractivity contribution in [2.75, 3.05) is 26.9 Å². The molecule has 0 bridgehead atoms. The van der Waals surface area contributed by atoms with Crippen molar-refractivity contribution in [3.8, 4) is 0 Å². The zero-order chi connectivity index (χ0) is 19.7. The van der Waals surface area contributed by atoms with E-state index in [1.807, 2.05) is 0 Å². The van der Waals surface area contributed by atoms with E-state index < -0.39 is 0 Å². The lowest BCUT2D eigenvalue weighted by atomic mass is 10.2. The van der Waals surface area contributed by atoms with Gasteiger partial charge in [0.1, 0.15) is 0 Å². The molecule has 0 rings (SSSR count). The van der Waals surface area contributed by atoms with Gasteiger partial charge in [0, 0.05) is 13.7 Å². The number of ether oxygens (including phenoxy) is 1. The van der Waals surface area contributed by atoms with Gasteiger partial charge in [0.15, 0.2) is 0 Å². The number of unbranched alkanes of at least 4 members (excludes halogenated alkanes) is 3. The molecule has 0 aromatic heterocycles. The van der Waals surface area contributed by atoms with E-state index in [1.54, 1.807) is 7.11 Å². The molecule has 0 saturated heterocycles. The minimum atomic E-state index is -0.125. The summed E-state index contributed by atoms with van der Waals surface area (Å²) in [5.74, 6) is 0. The maximum Gasteiger partial charge on any atom is 0.0662 e. The first-order valence-corrected chi connectivity index (χ1v) is 7.04. The van der Waals surface area contributed by atoms with Gasteiger partial charge in [-0.3, -0.25) is 0 Å². The molecule has 3 nitrogen and oxygen atoms in total. The van der Waals surface area contributed by atoms with Crippen molar-refractivity contribution in [1.82, 2.24) is 0 Å². The molecule has 0 aliphatic heterocycles. The molecule has 2 N–H and O–H groups in total. The van der Waals surface area contributed by atoms with Gasteiger partial charge in [-0.15, -0.1) is 65.8 Å². The molecule has 0 saturated carbocycles. The Kier molecular flexibility index (Phi) is 304. The van der Waals surface area contributed by atoms with Crippen LogP contribution in [0.2, 0.25) is 0 Å². The first-order valence-electron chi connectivity index (χ1n) is 7.04. The summed E-state index contributed by atoms with van der Waals surface area (Å²) in [6, 6.07) is 0. The molecule has 0 heterocycles. The van der Waals surface area contributed by atoms with E-state index in [4.69, 9.17) is 14.9 Å². The fourth-order valence-electron chi connectivity index (χ4n) is 0.673. The van der Waals surface area contributed by atoms with Crippen LogP contribution in [0.15, 0.2) is 65.8 Å². The number of hydrogen-bond acceptors (Lipinski definition) is 3. The third-order valence-corrected chi connectivity index (χ3v) is 1.30. The van der Waals surface area contributed by atoms with Crippen LogP contribution in [0.1, 0.15) is 32.6 Å². The van der Waals surface area contributed by atoms with Crippen molar-refractivity contribution < 1.29 is 14.9 Å². The van der Waals surface area contributed by atoms with Crippen molar-refractivity contribution >= 4 is 0 Å². The molecule has 0 fully saturated rings. The van der Waals surface area contributed by atoms with E-state index in [9.17, 15) is 0 Å². The fraction of sp³-hybridized carbons (Fsp3) is 0.474. The normalized spacial score (nSPS) is 5.82. The highest BCUT2D eigenvalue weighted by Gasteiger charge is 1.83. The quantitative estimate of drug-likeness (QED) is 0.523. The fourth-order valence-corrected chi connectivity index (χ4v) is 0.673. The maximum atomic E-state index is 7.62. The molecule has 0 radical (unpaired) electrons. The standard InChI is InChI=1S/C7H16O.C2H6O2.5C2H4/c1-3-4-5-6-7-8-2;3-1-2-4;5*1-2/h3-7H2,1-2H3;3-4H,1-2H2;5*1-2H2. The van der Waals surface area contributed by atoms with Gasteiger partial charge in [-0.1, -0.05) is 26.2 Å². The van der Waals surface area contributed by atoms with Crippen molar-refractivity contribution in [2.24, 2.45) is 0 Å². The topological polar surface area (TPSA) is 49.7 Å². The van der Waals surface area contributed by atoms with Crippen LogP contribution >= 0.6 is 0 Å². The van der Waals surface area contributed by atoms with Crippen LogP contribution in [0.4, 0.5) is 0 Å². The highest BCUT2D eigenvalue weighted by atomic mass is 16.5. The lowest BCUT2D eigenvalue weighted by molar-refractivity contribution is 0.186. The third kappa shape index (κ3) is 274. The second kappa shape index (κ2) is 156. The van der Waals surface area contributed by atoms with Crippen molar-refractivity contribution in [3.63, 3.8) is 0 Å². The lowest BCUT2D eigenvalue weighted by Crippen LogP contribution is -1.86. The van der Waals surface area contributed by atoms with Crippen LogP contribution in [0.25, 0.3) is 0 Å². The Morgan fingerprint density at radius 3 is 1.14 bits per heavy atom. The summed E-state index contributed by atoms with van der Waals surface area (Å²) in [6.45, 7) is 32.9. The first kappa shape index (κ1) is 42.8. The number of rotatable bonds is 6. The molecule has 0 amide bonds. The van der Waals surface area contributed by atoms with Crippen LogP contribution in [-0.4, -0.2) is 37.1 Å². The van der Waals surface area contributed by atoms with Crippen LogP contribution in [0.5, 0.6) is 0 Å². The van der Waals surface area contributed by atoms with E-state index in [0.717, 1.165) is 6.61 Å². The zero-order valence-corrected chi connectivity index (χ0v) is 15.3. The summed E-state index contributed by atoms with van der Waals surface area (Å²) < 4.78 is 4.89. The second-order valence-electron chi connectivity index (χ2n) is 2.50. The number of hydrogen-bond donors (Lipinski definition) is 2. The highest BCUT2D eigenvalue weighted by Crippen LogP contribution is 1.97. The smallest absolute Gasteiger partial charge is 0.0662 e. The Morgan fingerprint density at radius 2 is 0.955 bits per heavy atom. The van der Waals surface area contributed by atoms with E-state index in [1.165, 1.54) is 25.7 Å². The maximum absolute atomic E-state index is 7.62. The number of methoxy groups -OCH3 is 1. The Balaban J connectivity index is -0.0000000275. The van der Waals surface area contributed by atoms with Gasteiger partial charge in [0.05, 0.1) is 13.2 Å². The minimum absolute atomic E-state index is 0.125. The molecule has 3 heteroatoms. The van der Waals surface area contributed by atoms with Crippen LogP contribution in [0, 0.1) is 0 Å². The van der Waals surface area contributed by atoms with E-state index >= 15 is 0 Å². The van der Waals surface area contributed by atoms with Crippen molar-refractivity contribution in [2.45, 2.75) is 32.6 Å². The molecule has 0 unspecified atom stereocenters. The Labute approximate surface area is 141 Å². The van der Waals surface area contributed by atoms with Crippen LogP contribution in [0.3, 0.4) is 0 Å². The van der Waals surface area contributed by atoms with Crippen LogP contribution in [-0.2, 0) is 4.74 Å². The molecular weight excluding hydrogens is 276 g/mol. The SMILES string of the molecule is C=C.C=C.C=C.C=C.C=C.CCCCCCOC.OCCO. The third-order valence-electron chi connectivity index (χ3n) is 1.30. The van der Waals surface area contributed by atoms with Gasteiger partial charge < -0.3 is 14.9 Å². The van der Waals surface area contributed by atoms with Gasteiger partial charge in [-0.25, -0.2) is 0 Å². The molecule has 0 aliphatic carbocycles. The minimum Gasteiger partial charge on any atom is -0.394 e. The molecule has 0 spiro atoms.